The Hall–Kier alpha value is -7.52. The Morgan fingerprint density at radius 2 is 1.06 bits per heavy atom. The molecule has 0 aliphatic heterocycles. The lowest BCUT2D eigenvalue weighted by molar-refractivity contribution is 0.317. The fourth-order valence-corrected chi connectivity index (χ4v) is 8.07. The van der Waals surface area contributed by atoms with Crippen LogP contribution in [-0.2, 0) is 20.2 Å². The summed E-state index contributed by atoms with van der Waals surface area (Å²) in [6.45, 7) is 7.54. The summed E-state index contributed by atoms with van der Waals surface area (Å²) in [6.07, 6.45) is 0.673. The number of benzene rings is 7. The van der Waals surface area contributed by atoms with Crippen LogP contribution in [-0.4, -0.2) is 55.1 Å². The molecule has 0 saturated carbocycles. The van der Waals surface area contributed by atoms with Crippen molar-refractivity contribution in [3.05, 3.63) is 126 Å². The molecule has 0 aliphatic carbocycles. The molecule has 0 heterocycles. The smallest absolute Gasteiger partial charge is 0.297 e. The third-order valence-electron chi connectivity index (χ3n) is 10.1. The van der Waals surface area contributed by atoms with Crippen molar-refractivity contribution in [3.8, 4) is 23.0 Å². The quantitative estimate of drug-likeness (QED) is 0.0381. The molecule has 344 valence electrons. The van der Waals surface area contributed by atoms with Gasteiger partial charge in [-0.3, -0.25) is 9.11 Å². The van der Waals surface area contributed by atoms with Crippen LogP contribution in [0.4, 0.5) is 45.5 Å². The number of ether oxygens (including phenoxy) is 2. The fourth-order valence-electron chi connectivity index (χ4n) is 6.76. The number of hydrogen-bond donors (Lipinski definition) is 4. The van der Waals surface area contributed by atoms with Crippen molar-refractivity contribution >= 4 is 87.3 Å². The third-order valence-corrected chi connectivity index (χ3v) is 11.9. The first-order valence-corrected chi connectivity index (χ1v) is 23.7. The number of fused-ring (bicyclic) bond motifs is 2. The van der Waals surface area contributed by atoms with E-state index in [2.05, 4.69) is 40.9 Å². The van der Waals surface area contributed by atoms with Gasteiger partial charge in [0, 0.05) is 22.2 Å². The number of phenols is 2. The van der Waals surface area contributed by atoms with Gasteiger partial charge in [-0.2, -0.15) is 42.4 Å². The van der Waals surface area contributed by atoms with Gasteiger partial charge in [0.05, 0.1) is 47.4 Å². The molecule has 4 N–H and O–H groups in total. The van der Waals surface area contributed by atoms with Crippen LogP contribution >= 0.6 is 0 Å². The minimum Gasteiger partial charge on any atom is -0.508 e. The molecule has 0 fully saturated rings. The molecule has 0 spiro atoms. The summed E-state index contributed by atoms with van der Waals surface area (Å²) < 4.78 is 79.5. The van der Waals surface area contributed by atoms with Gasteiger partial charge in [0.2, 0.25) is 0 Å². The van der Waals surface area contributed by atoms with E-state index in [1.54, 1.807) is 85.8 Å². The van der Waals surface area contributed by atoms with Gasteiger partial charge in [0.25, 0.3) is 20.2 Å². The lowest BCUT2D eigenvalue weighted by atomic mass is 10.1. The van der Waals surface area contributed by atoms with Crippen molar-refractivity contribution in [2.45, 2.75) is 45.4 Å². The van der Waals surface area contributed by atoms with Crippen molar-refractivity contribution in [2.75, 3.05) is 19.0 Å². The maximum Gasteiger partial charge on any atom is 0.297 e. The first-order chi connectivity index (χ1) is 32.0. The predicted octanol–water partition coefficient (Wildman–Crippen LogP) is 13.7. The zero-order valence-corrected chi connectivity index (χ0v) is 38.2. The average Bonchev–Trinajstić information content (AvgIpc) is 3.28. The molecule has 0 radical (unpaired) electrons. The lowest BCUT2D eigenvalue weighted by Crippen LogP contribution is -2.08. The van der Waals surface area contributed by atoms with Gasteiger partial charge < -0.3 is 19.7 Å². The van der Waals surface area contributed by atoms with Crippen LogP contribution in [0.3, 0.4) is 0 Å². The van der Waals surface area contributed by atoms with Crippen LogP contribution in [0.1, 0.15) is 36.5 Å². The van der Waals surface area contributed by atoms with E-state index in [1.807, 2.05) is 20.8 Å². The third kappa shape index (κ3) is 11.8. The summed E-state index contributed by atoms with van der Waals surface area (Å²) in [7, 11) is -9.05. The van der Waals surface area contributed by atoms with Crippen LogP contribution in [0.5, 0.6) is 23.0 Å². The van der Waals surface area contributed by atoms with Crippen LogP contribution < -0.4 is 9.47 Å². The summed E-state index contributed by atoms with van der Waals surface area (Å²) in [6, 6.07) is 29.5. The minimum atomic E-state index is -4.79. The normalized spacial score (nSPS) is 12.4. The molecule has 67 heavy (non-hydrogen) atoms. The first kappa shape index (κ1) is 47.4. The summed E-state index contributed by atoms with van der Waals surface area (Å²) in [5, 5.41) is 57.2. The highest BCUT2D eigenvalue weighted by Crippen LogP contribution is 2.42. The monoisotopic (exact) mass is 944 g/mol. The predicted molar refractivity (Wildman–Crippen MR) is 254 cm³/mol. The zero-order chi connectivity index (χ0) is 47.9. The zero-order valence-electron chi connectivity index (χ0n) is 36.6. The Morgan fingerprint density at radius 3 is 1.72 bits per heavy atom. The molecule has 0 atom stereocenters. The Bertz CT molecular complexity index is 3360. The highest BCUT2D eigenvalue weighted by Gasteiger charge is 2.22. The van der Waals surface area contributed by atoms with Crippen LogP contribution in [0.2, 0.25) is 0 Å². The Labute approximate surface area is 385 Å². The van der Waals surface area contributed by atoms with Crippen molar-refractivity contribution in [2.24, 2.45) is 40.9 Å². The largest absolute Gasteiger partial charge is 0.508 e. The highest BCUT2D eigenvalue weighted by atomic mass is 32.2. The molecule has 0 bridgehead atoms. The van der Waals surface area contributed by atoms with Gasteiger partial charge in [-0.05, 0) is 141 Å². The minimum absolute atomic E-state index is 0.0546. The standard InChI is InChI=1S/C47H44N8O10S2/c1-5-20-64-44-9-6-8-37-36(44)17-19-39(47(37)67(61,62)63)51-54-42-27-45(65-21-7-22-66(58,59)60)43(25-30(42)4)55-53-41-24-28(2)40(23-29(41)3)52-50-38-18-10-31-26-33(13-16-35(31)46(38)57)49-48-32-11-14-34(56)15-12-32/h6,8-19,23-27,56-57H,5,7,20-22H2,1-4H3,(H,58,59,60)(H,61,62,63). The molecule has 7 aromatic carbocycles. The van der Waals surface area contributed by atoms with E-state index in [0.717, 1.165) is 6.42 Å². The molecule has 7 rings (SSSR count). The number of aryl methyl sites for hydroxylation is 3. The number of aromatic hydroxyl groups is 2. The van der Waals surface area contributed by atoms with Crippen molar-refractivity contribution in [3.63, 3.8) is 0 Å². The SMILES string of the molecule is CCCOc1cccc2c(S(=O)(=O)O)c(N=Nc3cc(OCCCS(=O)(=O)O)c(N=Nc4cc(C)c(N=Nc5ccc6cc(N=Nc7ccc(O)cc7)ccc6c5O)cc4C)cc3C)ccc12. The topological polar surface area (TPSA) is 267 Å². The molecule has 18 nitrogen and oxygen atoms in total. The summed E-state index contributed by atoms with van der Waals surface area (Å²) in [5.41, 5.74) is 4.65. The number of azo groups is 4. The second kappa shape index (κ2) is 20.3. The summed E-state index contributed by atoms with van der Waals surface area (Å²) in [4.78, 5) is -0.451. The van der Waals surface area contributed by atoms with E-state index in [-0.39, 0.29) is 58.4 Å². The number of hydrogen-bond acceptors (Lipinski definition) is 16. The Kier molecular flexibility index (Phi) is 14.4. The highest BCUT2D eigenvalue weighted by molar-refractivity contribution is 7.86. The first-order valence-electron chi connectivity index (χ1n) is 20.7. The van der Waals surface area contributed by atoms with E-state index in [4.69, 9.17) is 9.47 Å². The van der Waals surface area contributed by atoms with Crippen molar-refractivity contribution < 1.29 is 45.6 Å². The number of rotatable bonds is 17. The molecule has 0 unspecified atom stereocenters. The molecular formula is C47H44N8O10S2. The van der Waals surface area contributed by atoms with Gasteiger partial charge in [0.15, 0.2) is 5.75 Å². The van der Waals surface area contributed by atoms with Crippen LogP contribution in [0, 0.1) is 20.8 Å². The molecule has 20 heteroatoms. The van der Waals surface area contributed by atoms with E-state index in [0.29, 0.717) is 68.0 Å². The van der Waals surface area contributed by atoms with E-state index >= 15 is 0 Å². The maximum absolute atomic E-state index is 12.7. The molecule has 0 aliphatic rings. The van der Waals surface area contributed by atoms with Crippen molar-refractivity contribution in [1.29, 1.82) is 0 Å². The second-order valence-corrected chi connectivity index (χ2v) is 18.2. The average molecular weight is 945 g/mol. The fraction of sp³-hybridized carbons (Fsp3) is 0.191. The van der Waals surface area contributed by atoms with E-state index in [1.165, 1.54) is 30.3 Å². The molecule has 0 amide bonds. The van der Waals surface area contributed by atoms with Crippen LogP contribution in [0.15, 0.2) is 155 Å². The second-order valence-electron chi connectivity index (χ2n) is 15.3. The van der Waals surface area contributed by atoms with E-state index in [9.17, 15) is 36.2 Å². The van der Waals surface area contributed by atoms with Gasteiger partial charge >= 0.3 is 0 Å². The van der Waals surface area contributed by atoms with Crippen LogP contribution in [0.25, 0.3) is 21.5 Å². The molecular weight excluding hydrogens is 901 g/mol. The molecule has 0 saturated heterocycles. The van der Waals surface area contributed by atoms with Gasteiger partial charge in [-0.15, -0.1) is 15.3 Å². The van der Waals surface area contributed by atoms with Crippen molar-refractivity contribution in [1.82, 2.24) is 0 Å². The maximum atomic E-state index is 12.7. The lowest BCUT2D eigenvalue weighted by Gasteiger charge is -2.12. The molecule has 7 aromatic rings. The van der Waals surface area contributed by atoms with Gasteiger partial charge in [-0.1, -0.05) is 25.1 Å². The Balaban J connectivity index is 1.14. The number of phenolic OH excluding ortho intramolecular Hbond substituents is 2. The van der Waals surface area contributed by atoms with E-state index < -0.39 is 30.9 Å². The van der Waals surface area contributed by atoms with Gasteiger partial charge in [-0.25, -0.2) is 0 Å². The number of nitrogens with zero attached hydrogens (tertiary/aromatic N) is 8. The molecule has 0 aromatic heterocycles. The Morgan fingerprint density at radius 1 is 0.507 bits per heavy atom. The summed E-state index contributed by atoms with van der Waals surface area (Å²) >= 11 is 0. The summed E-state index contributed by atoms with van der Waals surface area (Å²) in [5.74, 6) is 0.0950. The van der Waals surface area contributed by atoms with Gasteiger partial charge in [0.1, 0.15) is 39.2 Å².